The van der Waals surface area contributed by atoms with Crippen LogP contribution in [-0.4, -0.2) is 23.2 Å². The predicted molar refractivity (Wildman–Crippen MR) is 54.6 cm³/mol. The molecular formula is C9H10BrNO3. The molecule has 0 bridgehead atoms. The standard InChI is InChI=1S/C9H10BrNO3/c1-5-7(3-8(12)13)11-4-6(10)9(5)14-2/h4H,3H2,1-2H3,(H,12,13). The van der Waals surface area contributed by atoms with E-state index in [1.807, 2.05) is 0 Å². The molecule has 0 spiro atoms. The number of aliphatic carboxylic acids is 1. The average Bonchev–Trinajstić information content (AvgIpc) is 2.10. The molecular weight excluding hydrogens is 250 g/mol. The monoisotopic (exact) mass is 259 g/mol. The number of carbonyl (C=O) groups is 1. The highest BCUT2D eigenvalue weighted by Gasteiger charge is 2.12. The van der Waals surface area contributed by atoms with Crippen molar-refractivity contribution in [3.63, 3.8) is 0 Å². The summed E-state index contributed by atoms with van der Waals surface area (Å²) in [5, 5.41) is 8.63. The van der Waals surface area contributed by atoms with Crippen molar-refractivity contribution in [1.82, 2.24) is 4.98 Å². The minimum absolute atomic E-state index is 0.0878. The lowest BCUT2D eigenvalue weighted by molar-refractivity contribution is -0.136. The molecule has 14 heavy (non-hydrogen) atoms. The zero-order chi connectivity index (χ0) is 10.7. The number of ether oxygens (including phenoxy) is 1. The normalized spacial score (nSPS) is 9.93. The molecule has 0 saturated heterocycles. The van der Waals surface area contributed by atoms with Crippen molar-refractivity contribution in [3.8, 4) is 5.75 Å². The second-order valence-electron chi connectivity index (χ2n) is 2.78. The highest BCUT2D eigenvalue weighted by Crippen LogP contribution is 2.29. The SMILES string of the molecule is COc1c(Br)cnc(CC(=O)O)c1C. The van der Waals surface area contributed by atoms with Gasteiger partial charge in [-0.15, -0.1) is 0 Å². The Bertz CT molecular complexity index is 365. The lowest BCUT2D eigenvalue weighted by Crippen LogP contribution is -2.05. The molecule has 1 N–H and O–H groups in total. The Morgan fingerprint density at radius 3 is 2.86 bits per heavy atom. The van der Waals surface area contributed by atoms with Crippen LogP contribution in [0.1, 0.15) is 11.3 Å². The van der Waals surface area contributed by atoms with E-state index in [9.17, 15) is 4.79 Å². The molecule has 5 heteroatoms. The van der Waals surface area contributed by atoms with Crippen LogP contribution in [0.4, 0.5) is 0 Å². The third kappa shape index (κ3) is 2.23. The summed E-state index contributed by atoms with van der Waals surface area (Å²) in [6.07, 6.45) is 1.46. The van der Waals surface area contributed by atoms with E-state index < -0.39 is 5.97 Å². The Hall–Kier alpha value is -1.10. The number of methoxy groups -OCH3 is 1. The summed E-state index contributed by atoms with van der Waals surface area (Å²) in [7, 11) is 1.54. The molecule has 0 saturated carbocycles. The summed E-state index contributed by atoms with van der Waals surface area (Å²) in [5.74, 6) is -0.263. The van der Waals surface area contributed by atoms with E-state index in [1.165, 1.54) is 7.11 Å². The van der Waals surface area contributed by atoms with E-state index >= 15 is 0 Å². The zero-order valence-corrected chi connectivity index (χ0v) is 9.46. The Labute approximate surface area is 90.0 Å². The van der Waals surface area contributed by atoms with Crippen molar-refractivity contribution in [1.29, 1.82) is 0 Å². The van der Waals surface area contributed by atoms with Crippen LogP contribution in [0, 0.1) is 6.92 Å². The molecule has 4 nitrogen and oxygen atoms in total. The molecule has 1 heterocycles. The second kappa shape index (κ2) is 4.41. The fourth-order valence-electron chi connectivity index (χ4n) is 1.17. The molecule has 0 fully saturated rings. The third-order valence-electron chi connectivity index (χ3n) is 1.85. The molecule has 1 rings (SSSR count). The van der Waals surface area contributed by atoms with E-state index in [4.69, 9.17) is 9.84 Å². The van der Waals surface area contributed by atoms with Gasteiger partial charge in [0.1, 0.15) is 5.75 Å². The minimum Gasteiger partial charge on any atom is -0.495 e. The summed E-state index contributed by atoms with van der Waals surface area (Å²) in [5.41, 5.74) is 1.28. The van der Waals surface area contributed by atoms with Crippen LogP contribution in [-0.2, 0) is 11.2 Å². The Kier molecular flexibility index (Phi) is 3.46. The van der Waals surface area contributed by atoms with Gasteiger partial charge in [-0.2, -0.15) is 0 Å². The Morgan fingerprint density at radius 1 is 1.71 bits per heavy atom. The van der Waals surface area contributed by atoms with Crippen LogP contribution in [0.3, 0.4) is 0 Å². The molecule has 1 aromatic rings. The van der Waals surface area contributed by atoms with Crippen LogP contribution in [0.5, 0.6) is 5.75 Å². The highest BCUT2D eigenvalue weighted by atomic mass is 79.9. The maximum absolute atomic E-state index is 10.5. The van der Waals surface area contributed by atoms with Crippen molar-refractivity contribution in [2.75, 3.05) is 7.11 Å². The van der Waals surface area contributed by atoms with Gasteiger partial charge >= 0.3 is 5.97 Å². The number of hydrogen-bond acceptors (Lipinski definition) is 3. The summed E-state index contributed by atoms with van der Waals surface area (Å²) in [4.78, 5) is 14.5. The molecule has 0 aliphatic carbocycles. The van der Waals surface area contributed by atoms with Gasteiger partial charge in [-0.1, -0.05) is 0 Å². The van der Waals surface area contributed by atoms with Crippen molar-refractivity contribution in [2.24, 2.45) is 0 Å². The molecule has 0 radical (unpaired) electrons. The third-order valence-corrected chi connectivity index (χ3v) is 2.41. The second-order valence-corrected chi connectivity index (χ2v) is 3.64. The number of halogens is 1. The lowest BCUT2D eigenvalue weighted by atomic mass is 10.1. The summed E-state index contributed by atoms with van der Waals surface area (Å²) >= 11 is 3.27. The maximum Gasteiger partial charge on any atom is 0.309 e. The number of hydrogen-bond donors (Lipinski definition) is 1. The molecule has 0 aliphatic heterocycles. The largest absolute Gasteiger partial charge is 0.495 e. The number of carboxylic acid groups (broad SMARTS) is 1. The van der Waals surface area contributed by atoms with Gasteiger partial charge in [0.05, 0.1) is 23.7 Å². The van der Waals surface area contributed by atoms with Crippen molar-refractivity contribution >= 4 is 21.9 Å². The van der Waals surface area contributed by atoms with Gasteiger partial charge in [0, 0.05) is 11.8 Å². The quantitative estimate of drug-likeness (QED) is 0.900. The van der Waals surface area contributed by atoms with Crippen LogP contribution < -0.4 is 4.74 Å². The van der Waals surface area contributed by atoms with E-state index in [0.717, 1.165) is 10.0 Å². The first-order chi connectivity index (χ1) is 6.56. The van der Waals surface area contributed by atoms with Gasteiger partial charge in [0.2, 0.25) is 0 Å². The maximum atomic E-state index is 10.5. The van der Waals surface area contributed by atoms with Gasteiger partial charge in [-0.05, 0) is 22.9 Å². The van der Waals surface area contributed by atoms with Crippen LogP contribution >= 0.6 is 15.9 Å². The first kappa shape index (κ1) is 11.0. The lowest BCUT2D eigenvalue weighted by Gasteiger charge is -2.09. The van der Waals surface area contributed by atoms with Gasteiger partial charge in [-0.25, -0.2) is 0 Å². The van der Waals surface area contributed by atoms with E-state index in [-0.39, 0.29) is 6.42 Å². The Morgan fingerprint density at radius 2 is 2.36 bits per heavy atom. The Balaban J connectivity index is 3.14. The van der Waals surface area contributed by atoms with E-state index in [1.54, 1.807) is 13.1 Å². The van der Waals surface area contributed by atoms with Crippen molar-refractivity contribution < 1.29 is 14.6 Å². The summed E-state index contributed by atoms with van der Waals surface area (Å²) in [6.45, 7) is 1.79. The average molecular weight is 260 g/mol. The first-order valence-corrected chi connectivity index (χ1v) is 4.75. The number of aromatic nitrogens is 1. The topological polar surface area (TPSA) is 59.4 Å². The van der Waals surface area contributed by atoms with E-state index in [2.05, 4.69) is 20.9 Å². The van der Waals surface area contributed by atoms with Crippen LogP contribution in [0.25, 0.3) is 0 Å². The number of carboxylic acids is 1. The number of pyridine rings is 1. The first-order valence-electron chi connectivity index (χ1n) is 3.96. The van der Waals surface area contributed by atoms with Crippen LogP contribution in [0.15, 0.2) is 10.7 Å². The number of rotatable bonds is 3. The predicted octanol–water partition coefficient (Wildman–Crippen LogP) is 1.79. The highest BCUT2D eigenvalue weighted by molar-refractivity contribution is 9.10. The fourth-order valence-corrected chi connectivity index (χ4v) is 1.73. The fraction of sp³-hybridized carbons (Fsp3) is 0.333. The van der Waals surface area contributed by atoms with Crippen molar-refractivity contribution in [2.45, 2.75) is 13.3 Å². The van der Waals surface area contributed by atoms with E-state index in [0.29, 0.717) is 11.4 Å². The molecule has 0 atom stereocenters. The molecule has 0 aliphatic rings. The van der Waals surface area contributed by atoms with Gasteiger partial charge < -0.3 is 9.84 Å². The smallest absolute Gasteiger partial charge is 0.309 e. The van der Waals surface area contributed by atoms with Crippen LogP contribution in [0.2, 0.25) is 0 Å². The molecule has 0 amide bonds. The molecule has 1 aromatic heterocycles. The van der Waals surface area contributed by atoms with Crippen molar-refractivity contribution in [3.05, 3.63) is 21.9 Å². The number of nitrogens with zero attached hydrogens (tertiary/aromatic N) is 1. The van der Waals surface area contributed by atoms with Gasteiger partial charge in [0.15, 0.2) is 0 Å². The molecule has 0 unspecified atom stereocenters. The molecule has 76 valence electrons. The summed E-state index contributed by atoms with van der Waals surface area (Å²) in [6, 6.07) is 0. The zero-order valence-electron chi connectivity index (χ0n) is 7.87. The summed E-state index contributed by atoms with van der Waals surface area (Å²) < 4.78 is 5.85. The van der Waals surface area contributed by atoms with Gasteiger partial charge in [-0.3, -0.25) is 9.78 Å². The van der Waals surface area contributed by atoms with Gasteiger partial charge in [0.25, 0.3) is 0 Å². The molecule has 0 aromatic carbocycles. The minimum atomic E-state index is -0.898.